The number of nitrogens with two attached hydrogens (primary N) is 1. The molecule has 6 nitrogen and oxygen atoms in total. The molecule has 81 valence electrons. The van der Waals surface area contributed by atoms with Crippen LogP contribution >= 0.6 is 0 Å². The second-order valence-corrected chi connectivity index (χ2v) is 3.30. The second kappa shape index (κ2) is 4.12. The number of rotatable bonds is 3. The molecule has 0 spiro atoms. The van der Waals surface area contributed by atoms with Crippen molar-refractivity contribution in [3.8, 4) is 0 Å². The minimum atomic E-state index is -0.695. The Morgan fingerprint density at radius 3 is 2.53 bits per heavy atom. The average Bonchev–Trinajstić information content (AvgIpc) is 2.61. The fourth-order valence-electron chi connectivity index (χ4n) is 1.12. The molecule has 1 radical (unpaired) electrons. The lowest BCUT2D eigenvalue weighted by molar-refractivity contribution is 0.0948. The molecule has 1 heterocycles. The third kappa shape index (κ3) is 2.15. The molecule has 3 N–H and O–H groups in total. The van der Waals surface area contributed by atoms with Crippen molar-refractivity contribution in [1.29, 1.82) is 0 Å². The Balaban J connectivity index is 3.23. The predicted octanol–water partition coefficient (Wildman–Crippen LogP) is -0.277. The summed E-state index contributed by atoms with van der Waals surface area (Å²) >= 11 is 0. The lowest BCUT2D eigenvalue weighted by Crippen LogP contribution is -2.23. The molecular weight excluding hydrogens is 196 g/mol. The largest absolute Gasteiger partial charge is 0.364 e. The van der Waals surface area contributed by atoms with Crippen molar-refractivity contribution in [1.82, 2.24) is 15.1 Å². The van der Waals surface area contributed by atoms with Crippen molar-refractivity contribution in [2.45, 2.75) is 19.9 Å². The molecule has 0 fully saturated rings. The summed E-state index contributed by atoms with van der Waals surface area (Å²) in [6, 6.07) is 2.54. The molecule has 0 aliphatic rings. The van der Waals surface area contributed by atoms with Gasteiger partial charge in [-0.25, -0.2) is 0 Å². The quantitative estimate of drug-likeness (QED) is 0.717. The summed E-state index contributed by atoms with van der Waals surface area (Å²) in [6.07, 6.45) is 0. The van der Waals surface area contributed by atoms with Crippen LogP contribution in [0.1, 0.15) is 40.9 Å². The molecule has 1 aromatic heterocycles. The van der Waals surface area contributed by atoms with Crippen LogP contribution in [0.25, 0.3) is 0 Å². The first-order chi connectivity index (χ1) is 6.97. The van der Waals surface area contributed by atoms with Crippen LogP contribution in [-0.2, 0) is 0 Å². The maximum atomic E-state index is 11.4. The second-order valence-electron chi connectivity index (χ2n) is 3.30. The Bertz CT molecular complexity index is 395. The van der Waals surface area contributed by atoms with Gasteiger partial charge in [0, 0.05) is 13.1 Å². The number of aromatic nitrogens is 2. The summed E-state index contributed by atoms with van der Waals surface area (Å²) in [5.74, 6) is -1.04. The number of primary amides is 1. The van der Waals surface area contributed by atoms with E-state index in [1.54, 1.807) is 0 Å². The summed E-state index contributed by atoms with van der Waals surface area (Å²) < 4.78 is 1.42. The molecule has 0 saturated carbocycles. The van der Waals surface area contributed by atoms with Gasteiger partial charge in [-0.15, -0.1) is 0 Å². The maximum Gasteiger partial charge on any atom is 0.269 e. The third-order valence-corrected chi connectivity index (χ3v) is 1.84. The van der Waals surface area contributed by atoms with E-state index in [9.17, 15) is 9.59 Å². The maximum absolute atomic E-state index is 11.4. The Morgan fingerprint density at radius 2 is 2.13 bits per heavy atom. The number of amides is 2. The van der Waals surface area contributed by atoms with Crippen LogP contribution in [0.5, 0.6) is 0 Å². The van der Waals surface area contributed by atoms with E-state index >= 15 is 0 Å². The standard InChI is InChI=1S/C9H13N4O2/c1-5(2)13-7(9(15)11-3)4-6(12-13)8(10)14/h5H,1-3H3,(H2,10,14)(H,11,15). The van der Waals surface area contributed by atoms with Crippen LogP contribution in [-0.4, -0.2) is 28.6 Å². The van der Waals surface area contributed by atoms with Crippen LogP contribution in [0.15, 0.2) is 0 Å². The Kier molecular flexibility index (Phi) is 3.08. The van der Waals surface area contributed by atoms with E-state index in [0.29, 0.717) is 0 Å². The highest BCUT2D eigenvalue weighted by atomic mass is 16.2. The topological polar surface area (TPSA) is 90.0 Å². The van der Waals surface area contributed by atoms with Crippen molar-refractivity contribution in [3.05, 3.63) is 17.5 Å². The zero-order valence-electron chi connectivity index (χ0n) is 8.87. The highest BCUT2D eigenvalue weighted by Gasteiger charge is 2.18. The molecule has 6 heteroatoms. The highest BCUT2D eigenvalue weighted by molar-refractivity contribution is 5.96. The number of carbonyl (C=O) groups excluding carboxylic acids is 2. The van der Waals surface area contributed by atoms with Gasteiger partial charge in [-0.3, -0.25) is 14.3 Å². The van der Waals surface area contributed by atoms with E-state index in [2.05, 4.69) is 16.5 Å². The minimum Gasteiger partial charge on any atom is -0.364 e. The van der Waals surface area contributed by atoms with Crippen LogP contribution < -0.4 is 11.1 Å². The van der Waals surface area contributed by atoms with Crippen molar-refractivity contribution in [3.63, 3.8) is 0 Å². The van der Waals surface area contributed by atoms with Crippen LogP contribution in [0.4, 0.5) is 0 Å². The number of nitrogens with zero attached hydrogens (tertiary/aromatic N) is 2. The highest BCUT2D eigenvalue weighted by Crippen LogP contribution is 2.10. The van der Waals surface area contributed by atoms with Gasteiger partial charge in [-0.05, 0) is 13.8 Å². The summed E-state index contributed by atoms with van der Waals surface area (Å²) in [6.45, 7) is 3.69. The van der Waals surface area contributed by atoms with Crippen LogP contribution in [0, 0.1) is 6.07 Å². The minimum absolute atomic E-state index is 0.0256. The summed E-state index contributed by atoms with van der Waals surface area (Å²) in [4.78, 5) is 22.3. The van der Waals surface area contributed by atoms with Gasteiger partial charge >= 0.3 is 0 Å². The molecule has 0 bridgehead atoms. The van der Waals surface area contributed by atoms with Crippen LogP contribution in [0.2, 0.25) is 0 Å². The molecule has 0 unspecified atom stereocenters. The van der Waals surface area contributed by atoms with Gasteiger partial charge < -0.3 is 11.1 Å². The molecule has 0 aliphatic heterocycles. The van der Waals surface area contributed by atoms with Gasteiger partial charge in [0.1, 0.15) is 5.69 Å². The molecule has 15 heavy (non-hydrogen) atoms. The molecule has 1 rings (SSSR count). The Hall–Kier alpha value is -1.85. The SMILES string of the molecule is CNC(=O)c1[c]c(C(N)=O)nn1C(C)C. The lowest BCUT2D eigenvalue weighted by Gasteiger charge is -2.08. The number of carbonyl (C=O) groups is 2. The van der Waals surface area contributed by atoms with E-state index in [-0.39, 0.29) is 23.3 Å². The fourth-order valence-corrected chi connectivity index (χ4v) is 1.12. The predicted molar refractivity (Wildman–Crippen MR) is 53.4 cm³/mol. The monoisotopic (exact) mass is 209 g/mol. The molecule has 0 aliphatic carbocycles. The smallest absolute Gasteiger partial charge is 0.269 e. The summed E-state index contributed by atoms with van der Waals surface area (Å²) in [7, 11) is 1.50. The Labute approximate surface area is 87.4 Å². The van der Waals surface area contributed by atoms with Crippen molar-refractivity contribution in [2.75, 3.05) is 7.05 Å². The molecule has 1 aromatic rings. The first-order valence-electron chi connectivity index (χ1n) is 4.51. The van der Waals surface area contributed by atoms with Gasteiger partial charge in [0.15, 0.2) is 5.69 Å². The molecule has 0 saturated heterocycles. The zero-order chi connectivity index (χ0) is 11.6. The normalized spacial score (nSPS) is 10.4. The zero-order valence-corrected chi connectivity index (χ0v) is 8.87. The fraction of sp³-hybridized carbons (Fsp3) is 0.444. The molecule has 0 atom stereocenters. The first-order valence-corrected chi connectivity index (χ1v) is 4.51. The summed E-state index contributed by atoms with van der Waals surface area (Å²) in [5.41, 5.74) is 5.24. The van der Waals surface area contributed by atoms with E-state index in [0.717, 1.165) is 0 Å². The van der Waals surface area contributed by atoms with Crippen molar-refractivity contribution in [2.24, 2.45) is 5.73 Å². The van der Waals surface area contributed by atoms with Gasteiger partial charge in [-0.2, -0.15) is 5.10 Å². The van der Waals surface area contributed by atoms with E-state index in [1.807, 2.05) is 13.8 Å². The molecule has 0 aromatic carbocycles. The third-order valence-electron chi connectivity index (χ3n) is 1.84. The summed E-state index contributed by atoms with van der Waals surface area (Å²) in [5, 5.41) is 6.35. The van der Waals surface area contributed by atoms with Gasteiger partial charge in [-0.1, -0.05) is 0 Å². The number of hydrogen-bond acceptors (Lipinski definition) is 3. The van der Waals surface area contributed by atoms with Crippen molar-refractivity contribution >= 4 is 11.8 Å². The average molecular weight is 209 g/mol. The van der Waals surface area contributed by atoms with Crippen molar-refractivity contribution < 1.29 is 9.59 Å². The van der Waals surface area contributed by atoms with Gasteiger partial charge in [0.2, 0.25) is 0 Å². The number of hydrogen-bond donors (Lipinski definition) is 2. The first kappa shape index (κ1) is 11.2. The Morgan fingerprint density at radius 1 is 1.53 bits per heavy atom. The lowest BCUT2D eigenvalue weighted by atomic mass is 10.3. The molecule has 2 amide bonds. The van der Waals surface area contributed by atoms with E-state index < -0.39 is 5.91 Å². The van der Waals surface area contributed by atoms with Gasteiger partial charge in [0.05, 0.1) is 6.07 Å². The van der Waals surface area contributed by atoms with E-state index in [4.69, 9.17) is 5.73 Å². The molecular formula is C9H13N4O2. The van der Waals surface area contributed by atoms with E-state index in [1.165, 1.54) is 11.7 Å². The van der Waals surface area contributed by atoms with Gasteiger partial charge in [0.25, 0.3) is 11.8 Å². The van der Waals surface area contributed by atoms with Crippen LogP contribution in [0.3, 0.4) is 0 Å². The number of nitrogens with one attached hydrogen (secondary N) is 1.